The number of aliphatic hydroxyl groups excluding tert-OH is 1. The molecule has 0 aromatic heterocycles. The summed E-state index contributed by atoms with van der Waals surface area (Å²) in [6, 6.07) is 0.945. The van der Waals surface area contributed by atoms with E-state index in [0.29, 0.717) is 18.6 Å². The quantitative estimate of drug-likeness (QED) is 0.904. The van der Waals surface area contributed by atoms with Crippen LogP contribution in [-0.2, 0) is 0 Å². The van der Waals surface area contributed by atoms with Crippen LogP contribution in [-0.4, -0.2) is 35.1 Å². The number of aliphatic hydroxyl groups is 1. The molecule has 0 aliphatic heterocycles. The number of nitrogens with zero attached hydrogens (tertiary/aromatic N) is 1. The molecule has 1 N–H and O–H groups in total. The van der Waals surface area contributed by atoms with Gasteiger partial charge in [0.2, 0.25) is 0 Å². The molecule has 1 saturated carbocycles. The van der Waals surface area contributed by atoms with Gasteiger partial charge in [-0.05, 0) is 25.7 Å². The highest BCUT2D eigenvalue weighted by atomic mass is 19.1. The summed E-state index contributed by atoms with van der Waals surface area (Å²) in [5, 5.41) is 8.85. The summed E-state index contributed by atoms with van der Waals surface area (Å²) in [4.78, 5) is 13.7. The van der Waals surface area contributed by atoms with E-state index >= 15 is 0 Å². The zero-order valence-electron chi connectivity index (χ0n) is 10.9. The van der Waals surface area contributed by atoms with Crippen molar-refractivity contribution in [2.45, 2.75) is 31.7 Å². The molecule has 0 heterocycles. The van der Waals surface area contributed by atoms with E-state index in [1.54, 1.807) is 0 Å². The average molecular weight is 287 g/mol. The Hall–Kier alpha value is -1.56. The fraction of sp³-hybridized carbons (Fsp3) is 0.500. The normalized spacial score (nSPS) is 15.0. The molecule has 2 rings (SSSR count). The Bertz CT molecular complexity index is 480. The molecule has 0 radical (unpaired) electrons. The third kappa shape index (κ3) is 2.95. The molecule has 110 valence electrons. The second-order valence-corrected chi connectivity index (χ2v) is 4.90. The number of carbonyl (C=O) groups excluding carboxylic acids is 1. The lowest BCUT2D eigenvalue weighted by atomic mass is 9.90. The van der Waals surface area contributed by atoms with Gasteiger partial charge in [0, 0.05) is 31.3 Å². The molecule has 1 amide bonds. The molecule has 0 atom stereocenters. The fourth-order valence-corrected chi connectivity index (χ4v) is 2.28. The first-order chi connectivity index (χ1) is 9.54. The summed E-state index contributed by atoms with van der Waals surface area (Å²) in [5.41, 5.74) is -0.726. The monoisotopic (exact) mass is 287 g/mol. The number of benzene rings is 1. The molecule has 0 unspecified atom stereocenters. The van der Waals surface area contributed by atoms with Gasteiger partial charge in [0.25, 0.3) is 5.91 Å². The van der Waals surface area contributed by atoms with E-state index in [2.05, 4.69) is 0 Å². The van der Waals surface area contributed by atoms with Gasteiger partial charge in [-0.3, -0.25) is 4.79 Å². The zero-order chi connectivity index (χ0) is 14.7. The topological polar surface area (TPSA) is 40.5 Å². The van der Waals surface area contributed by atoms with Crippen LogP contribution in [0.25, 0.3) is 0 Å². The van der Waals surface area contributed by atoms with Crippen molar-refractivity contribution in [2.75, 3.05) is 13.2 Å². The minimum Gasteiger partial charge on any atom is -0.396 e. The summed E-state index contributed by atoms with van der Waals surface area (Å²) in [6.07, 6.45) is 2.86. The van der Waals surface area contributed by atoms with E-state index in [1.807, 2.05) is 0 Å². The summed E-state index contributed by atoms with van der Waals surface area (Å²) >= 11 is 0. The molecule has 1 aliphatic carbocycles. The molecule has 6 heteroatoms. The summed E-state index contributed by atoms with van der Waals surface area (Å²) in [5.74, 6) is -4.22. The number of hydrogen-bond acceptors (Lipinski definition) is 2. The van der Waals surface area contributed by atoms with Gasteiger partial charge in [-0.2, -0.15) is 0 Å². The molecular formula is C14H16F3NO2. The van der Waals surface area contributed by atoms with Crippen molar-refractivity contribution >= 4 is 5.91 Å². The third-order valence-electron chi connectivity index (χ3n) is 3.55. The molecule has 1 fully saturated rings. The molecule has 20 heavy (non-hydrogen) atoms. The minimum absolute atomic E-state index is 0.0575. The number of carbonyl (C=O) groups is 1. The van der Waals surface area contributed by atoms with Crippen LogP contribution in [0, 0.1) is 17.5 Å². The SMILES string of the molecule is O=C(c1c(F)cc(F)cc1F)N(CCCO)C1CCC1. The van der Waals surface area contributed by atoms with Crippen LogP contribution in [0.2, 0.25) is 0 Å². The second-order valence-electron chi connectivity index (χ2n) is 4.90. The predicted octanol–water partition coefficient (Wildman–Crippen LogP) is 2.48. The van der Waals surface area contributed by atoms with Gasteiger partial charge in [0.05, 0.1) is 0 Å². The van der Waals surface area contributed by atoms with Crippen LogP contribution in [0.15, 0.2) is 12.1 Å². The number of hydrogen-bond donors (Lipinski definition) is 1. The molecule has 1 aromatic rings. The van der Waals surface area contributed by atoms with Crippen LogP contribution >= 0.6 is 0 Å². The highest BCUT2D eigenvalue weighted by Crippen LogP contribution is 2.27. The Labute approximate surface area is 115 Å². The number of rotatable bonds is 5. The van der Waals surface area contributed by atoms with Gasteiger partial charge in [-0.25, -0.2) is 13.2 Å². The standard InChI is InChI=1S/C14H16F3NO2/c15-9-7-11(16)13(12(17)8-9)14(20)18(5-2-6-19)10-3-1-4-10/h7-8,10,19H,1-6H2. The van der Waals surface area contributed by atoms with Crippen molar-refractivity contribution in [3.63, 3.8) is 0 Å². The number of amides is 1. The van der Waals surface area contributed by atoms with Crippen LogP contribution in [0.4, 0.5) is 13.2 Å². The Morgan fingerprint density at radius 2 is 1.85 bits per heavy atom. The molecule has 3 nitrogen and oxygen atoms in total. The maximum Gasteiger partial charge on any atom is 0.260 e. The average Bonchev–Trinajstić information content (AvgIpc) is 2.30. The van der Waals surface area contributed by atoms with Gasteiger partial charge in [-0.15, -0.1) is 0 Å². The van der Waals surface area contributed by atoms with E-state index < -0.39 is 28.9 Å². The number of halogens is 3. The Kier molecular flexibility index (Phi) is 4.65. The third-order valence-corrected chi connectivity index (χ3v) is 3.55. The van der Waals surface area contributed by atoms with E-state index in [4.69, 9.17) is 5.11 Å². The van der Waals surface area contributed by atoms with Gasteiger partial charge in [0.1, 0.15) is 23.0 Å². The largest absolute Gasteiger partial charge is 0.396 e. The summed E-state index contributed by atoms with van der Waals surface area (Å²) < 4.78 is 40.2. The highest BCUT2D eigenvalue weighted by Gasteiger charge is 2.32. The Balaban J connectivity index is 2.26. The van der Waals surface area contributed by atoms with Crippen LogP contribution in [0.5, 0.6) is 0 Å². The molecule has 0 bridgehead atoms. The molecular weight excluding hydrogens is 271 g/mol. The van der Waals surface area contributed by atoms with Crippen molar-refractivity contribution in [1.29, 1.82) is 0 Å². The molecule has 0 saturated heterocycles. The Morgan fingerprint density at radius 3 is 2.30 bits per heavy atom. The zero-order valence-corrected chi connectivity index (χ0v) is 10.9. The highest BCUT2D eigenvalue weighted by molar-refractivity contribution is 5.95. The van der Waals surface area contributed by atoms with Crippen molar-refractivity contribution in [2.24, 2.45) is 0 Å². The van der Waals surface area contributed by atoms with Crippen molar-refractivity contribution < 1.29 is 23.1 Å². The van der Waals surface area contributed by atoms with Crippen molar-refractivity contribution in [3.05, 3.63) is 35.1 Å². The molecule has 0 spiro atoms. The maximum atomic E-state index is 13.7. The Morgan fingerprint density at radius 1 is 1.25 bits per heavy atom. The first kappa shape index (κ1) is 14.8. The predicted molar refractivity (Wildman–Crippen MR) is 66.7 cm³/mol. The van der Waals surface area contributed by atoms with E-state index in [1.165, 1.54) is 4.90 Å². The molecule has 1 aromatic carbocycles. The van der Waals surface area contributed by atoms with E-state index in [9.17, 15) is 18.0 Å². The summed E-state index contributed by atoms with van der Waals surface area (Å²) in [7, 11) is 0. The van der Waals surface area contributed by atoms with Crippen molar-refractivity contribution in [1.82, 2.24) is 4.90 Å². The van der Waals surface area contributed by atoms with Crippen molar-refractivity contribution in [3.8, 4) is 0 Å². The smallest absolute Gasteiger partial charge is 0.260 e. The lowest BCUT2D eigenvalue weighted by Gasteiger charge is -2.37. The second kappa shape index (κ2) is 6.26. The van der Waals surface area contributed by atoms with Gasteiger partial charge in [0.15, 0.2) is 0 Å². The lowest BCUT2D eigenvalue weighted by molar-refractivity contribution is 0.0552. The van der Waals surface area contributed by atoms with Crippen LogP contribution in [0.1, 0.15) is 36.0 Å². The van der Waals surface area contributed by atoms with Gasteiger partial charge < -0.3 is 10.0 Å². The van der Waals surface area contributed by atoms with E-state index in [0.717, 1.165) is 19.3 Å². The lowest BCUT2D eigenvalue weighted by Crippen LogP contribution is -2.45. The van der Waals surface area contributed by atoms with Crippen LogP contribution in [0.3, 0.4) is 0 Å². The first-order valence-corrected chi connectivity index (χ1v) is 6.61. The maximum absolute atomic E-state index is 13.7. The van der Waals surface area contributed by atoms with E-state index in [-0.39, 0.29) is 19.2 Å². The van der Waals surface area contributed by atoms with Gasteiger partial charge in [-0.1, -0.05) is 0 Å². The summed E-state index contributed by atoms with van der Waals surface area (Å²) in [6.45, 7) is 0.126. The molecule has 1 aliphatic rings. The first-order valence-electron chi connectivity index (χ1n) is 6.61. The van der Waals surface area contributed by atoms with Gasteiger partial charge >= 0.3 is 0 Å². The van der Waals surface area contributed by atoms with Crippen LogP contribution < -0.4 is 0 Å². The fourth-order valence-electron chi connectivity index (χ4n) is 2.28. The minimum atomic E-state index is -1.19.